The molecule has 12 heteroatoms. The number of aryl methyl sites for hydroxylation is 2. The van der Waals surface area contributed by atoms with Crippen LogP contribution in [0.3, 0.4) is 0 Å². The van der Waals surface area contributed by atoms with Crippen molar-refractivity contribution in [1.82, 2.24) is 19.9 Å². The van der Waals surface area contributed by atoms with E-state index in [1.54, 1.807) is 50.8 Å². The van der Waals surface area contributed by atoms with Crippen LogP contribution in [0, 0.1) is 13.8 Å². The average Bonchev–Trinajstić information content (AvgIpc) is 4.12. The molecule has 0 bridgehead atoms. The first-order valence-electron chi connectivity index (χ1n) is 24.9. The standard InChI is InChI=1S/C66H40F6N4O2/c1-37-27-45(31-47(29-37)65(67,68)69)57-35-43(19-23-73-57)51-9-5-3-7-49(51)41-15-17-59-55(33-41)61-63(77-59)53(21-25-75-61)39-11-13-40(14-12-39)54-22-26-76-62-56-34-42(16-18-60(56)78-64(54)62)50-8-4-6-10-52(50)44-20-24-74-58(36-44)46-28-38(2)30-48(32-46)66(70,71)72/h3-36H,1-2H3. The number of pyridine rings is 4. The van der Waals surface area contributed by atoms with Gasteiger partial charge >= 0.3 is 12.4 Å². The second kappa shape index (κ2) is 18.6. The number of benzene rings is 7. The molecule has 0 atom stereocenters. The van der Waals surface area contributed by atoms with Crippen LogP contribution in [0.2, 0.25) is 0 Å². The molecule has 378 valence electrons. The quantitative estimate of drug-likeness (QED) is 0.141. The van der Waals surface area contributed by atoms with E-state index in [0.717, 1.165) is 102 Å². The molecule has 0 spiro atoms. The highest BCUT2D eigenvalue weighted by molar-refractivity contribution is 6.10. The Morgan fingerprint density at radius 3 is 1.06 bits per heavy atom. The molecule has 6 nitrogen and oxygen atoms in total. The predicted octanol–water partition coefficient (Wildman–Crippen LogP) is 19.1. The fourth-order valence-corrected chi connectivity index (χ4v) is 10.6. The fourth-order valence-electron chi connectivity index (χ4n) is 10.6. The van der Waals surface area contributed by atoms with Gasteiger partial charge in [-0.25, -0.2) is 0 Å². The van der Waals surface area contributed by atoms with Crippen LogP contribution in [0.1, 0.15) is 22.3 Å². The molecule has 0 N–H and O–H groups in total. The minimum absolute atomic E-state index is 0.388. The molecule has 0 aliphatic rings. The smallest absolute Gasteiger partial charge is 0.416 e. The SMILES string of the molecule is Cc1cc(-c2cc(-c3ccccc3-c3ccc4oc5c(-c6ccc(-c7ccnc8c7oc7ccc(-c9ccccc9-c9ccnc(-c%10cc(C)cc(C(F)(F)F)c%10)c9)cc78)cc6)ccnc5c4c3)ccn2)cc(C(F)(F)F)c1. The van der Waals surface area contributed by atoms with Crippen LogP contribution in [-0.2, 0) is 12.4 Å². The highest BCUT2D eigenvalue weighted by Crippen LogP contribution is 2.43. The molecule has 0 radical (unpaired) electrons. The Labute approximate surface area is 442 Å². The first-order valence-corrected chi connectivity index (χ1v) is 24.9. The first kappa shape index (κ1) is 48.0. The van der Waals surface area contributed by atoms with E-state index in [0.29, 0.717) is 67.0 Å². The van der Waals surface area contributed by atoms with Gasteiger partial charge in [-0.2, -0.15) is 26.3 Å². The topological polar surface area (TPSA) is 77.8 Å². The third kappa shape index (κ3) is 8.70. The largest absolute Gasteiger partial charge is 0.454 e. The van der Waals surface area contributed by atoms with Crippen molar-refractivity contribution < 1.29 is 35.2 Å². The van der Waals surface area contributed by atoms with Crippen LogP contribution >= 0.6 is 0 Å². The molecule has 0 unspecified atom stereocenters. The van der Waals surface area contributed by atoms with Gasteiger partial charge in [-0.3, -0.25) is 19.9 Å². The fraction of sp³-hybridized carbons (Fsp3) is 0.0606. The van der Waals surface area contributed by atoms with Gasteiger partial charge in [0.25, 0.3) is 0 Å². The Morgan fingerprint density at radius 2 is 0.679 bits per heavy atom. The summed E-state index contributed by atoms with van der Waals surface area (Å²) < 4.78 is 95.8. The number of rotatable bonds is 8. The highest BCUT2D eigenvalue weighted by Gasteiger charge is 2.32. The van der Waals surface area contributed by atoms with Crippen molar-refractivity contribution in [2.45, 2.75) is 26.2 Å². The number of furan rings is 2. The molecule has 0 saturated carbocycles. The summed E-state index contributed by atoms with van der Waals surface area (Å²) in [5, 5.41) is 1.66. The molecule has 0 fully saturated rings. The monoisotopic (exact) mass is 1030 g/mol. The molecule has 6 heterocycles. The summed E-state index contributed by atoms with van der Waals surface area (Å²) in [6.45, 7) is 3.29. The zero-order chi connectivity index (χ0) is 53.5. The van der Waals surface area contributed by atoms with Crippen molar-refractivity contribution in [1.29, 1.82) is 0 Å². The van der Waals surface area contributed by atoms with Crippen LogP contribution in [-0.4, -0.2) is 19.9 Å². The Hall–Kier alpha value is -9.68. The van der Waals surface area contributed by atoms with E-state index >= 15 is 0 Å². The molecule has 78 heavy (non-hydrogen) atoms. The second-order valence-electron chi connectivity index (χ2n) is 19.4. The van der Waals surface area contributed by atoms with Crippen LogP contribution in [0.4, 0.5) is 26.3 Å². The number of hydrogen-bond acceptors (Lipinski definition) is 6. The molecule has 0 aliphatic heterocycles. The lowest BCUT2D eigenvalue weighted by molar-refractivity contribution is -0.138. The molecular weight excluding hydrogens is 995 g/mol. The Balaban J connectivity index is 0.803. The zero-order valence-electron chi connectivity index (χ0n) is 41.5. The Morgan fingerprint density at radius 1 is 0.321 bits per heavy atom. The number of halogens is 6. The summed E-state index contributed by atoms with van der Waals surface area (Å²) in [5.74, 6) is 0. The third-order valence-electron chi connectivity index (χ3n) is 14.2. The van der Waals surface area contributed by atoms with Crippen LogP contribution in [0.15, 0.2) is 216 Å². The first-order chi connectivity index (χ1) is 37.7. The summed E-state index contributed by atoms with van der Waals surface area (Å²) >= 11 is 0. The van der Waals surface area contributed by atoms with E-state index < -0.39 is 23.5 Å². The number of nitrogens with zero attached hydrogens (tertiary/aromatic N) is 4. The summed E-state index contributed by atoms with van der Waals surface area (Å²) in [5.41, 5.74) is 15.8. The molecule has 7 aromatic carbocycles. The summed E-state index contributed by atoms with van der Waals surface area (Å²) in [7, 11) is 0. The zero-order valence-corrected chi connectivity index (χ0v) is 41.5. The predicted molar refractivity (Wildman–Crippen MR) is 295 cm³/mol. The minimum Gasteiger partial charge on any atom is -0.454 e. The lowest BCUT2D eigenvalue weighted by Crippen LogP contribution is -2.05. The van der Waals surface area contributed by atoms with E-state index in [1.165, 1.54) is 0 Å². The van der Waals surface area contributed by atoms with Crippen molar-refractivity contribution >= 4 is 44.1 Å². The number of aromatic nitrogens is 4. The van der Waals surface area contributed by atoms with Gasteiger partial charge in [-0.05, 0) is 178 Å². The van der Waals surface area contributed by atoms with Crippen LogP contribution in [0.25, 0.3) is 133 Å². The van der Waals surface area contributed by atoms with Gasteiger partial charge in [0.1, 0.15) is 22.2 Å². The highest BCUT2D eigenvalue weighted by atomic mass is 19.4. The minimum atomic E-state index is -4.48. The maximum atomic E-state index is 13.8. The van der Waals surface area contributed by atoms with Gasteiger partial charge in [0.2, 0.25) is 0 Å². The van der Waals surface area contributed by atoms with Crippen molar-refractivity contribution in [2.24, 2.45) is 0 Å². The van der Waals surface area contributed by atoms with Crippen molar-refractivity contribution in [3.8, 4) is 89.3 Å². The molecular formula is C66H40F6N4O2. The Bertz CT molecular complexity index is 4230. The normalized spacial score (nSPS) is 12.1. The lowest BCUT2D eigenvalue weighted by Gasteiger charge is -2.13. The maximum absolute atomic E-state index is 13.8. The molecule has 0 saturated heterocycles. The Kier molecular flexibility index (Phi) is 11.4. The summed E-state index contributed by atoms with van der Waals surface area (Å²) in [4.78, 5) is 18.5. The van der Waals surface area contributed by atoms with E-state index in [2.05, 4.69) is 22.1 Å². The number of fused-ring (bicyclic) bond motifs is 6. The third-order valence-corrected chi connectivity index (χ3v) is 14.2. The second-order valence-corrected chi connectivity index (χ2v) is 19.4. The van der Waals surface area contributed by atoms with E-state index in [9.17, 15) is 26.3 Å². The number of hydrogen-bond donors (Lipinski definition) is 0. The van der Waals surface area contributed by atoms with Gasteiger partial charge in [0.05, 0.1) is 22.5 Å². The van der Waals surface area contributed by atoms with E-state index in [-0.39, 0.29) is 0 Å². The van der Waals surface area contributed by atoms with Gasteiger partial charge in [-0.1, -0.05) is 84.9 Å². The summed E-state index contributed by atoms with van der Waals surface area (Å²) in [6.07, 6.45) is -2.17. The molecule has 6 aromatic heterocycles. The molecule has 0 amide bonds. The average molecular weight is 1040 g/mol. The molecule has 0 aliphatic carbocycles. The van der Waals surface area contributed by atoms with Gasteiger partial charge in [-0.15, -0.1) is 0 Å². The summed E-state index contributed by atoms with van der Waals surface area (Å²) in [6, 6.07) is 55.2. The van der Waals surface area contributed by atoms with E-state index in [1.807, 2.05) is 133 Å². The van der Waals surface area contributed by atoms with Crippen LogP contribution in [0.5, 0.6) is 0 Å². The van der Waals surface area contributed by atoms with E-state index in [4.69, 9.17) is 18.8 Å². The van der Waals surface area contributed by atoms with Crippen molar-refractivity contribution in [3.05, 3.63) is 229 Å². The molecule has 13 aromatic rings. The van der Waals surface area contributed by atoms with Crippen LogP contribution < -0.4 is 0 Å². The van der Waals surface area contributed by atoms with Gasteiger partial charge in [0, 0.05) is 57.8 Å². The maximum Gasteiger partial charge on any atom is 0.416 e. The number of alkyl halides is 6. The van der Waals surface area contributed by atoms with Gasteiger partial charge in [0.15, 0.2) is 11.2 Å². The lowest BCUT2D eigenvalue weighted by atomic mass is 9.93. The molecule has 13 rings (SSSR count). The van der Waals surface area contributed by atoms with Crippen molar-refractivity contribution in [2.75, 3.05) is 0 Å². The van der Waals surface area contributed by atoms with Gasteiger partial charge < -0.3 is 8.83 Å². The van der Waals surface area contributed by atoms with Crippen molar-refractivity contribution in [3.63, 3.8) is 0 Å².